The Morgan fingerprint density at radius 1 is 1.28 bits per heavy atom. The van der Waals surface area contributed by atoms with Crippen LogP contribution in [-0.2, 0) is 11.3 Å². The summed E-state index contributed by atoms with van der Waals surface area (Å²) in [5, 5.41) is 9.86. The number of nitrogens with zero attached hydrogens (tertiary/aromatic N) is 3. The SMILES string of the molecule is Cc1cc2c(c(=O)n1CCCN1CCOCC1)[C@H](c1c(F)cccc1Cl)C(C#N)=C(N)O2. The molecule has 1 aromatic heterocycles. The van der Waals surface area contributed by atoms with E-state index in [0.29, 0.717) is 25.5 Å². The standard InChI is InChI=1S/C23H24ClFN4O3/c1-14-12-18-21(23(30)29(14)7-3-6-28-8-10-31-11-9-28)19(15(13-26)22(27)32-18)20-16(24)4-2-5-17(20)25/h2,4-5,12,19H,3,6-11,27H2,1H3/t19-/m0/s1. The number of hydrogen-bond acceptors (Lipinski definition) is 6. The second-order valence-electron chi connectivity index (χ2n) is 7.89. The Labute approximate surface area is 190 Å². The van der Waals surface area contributed by atoms with Gasteiger partial charge in [-0.15, -0.1) is 0 Å². The van der Waals surface area contributed by atoms with Gasteiger partial charge in [-0.25, -0.2) is 4.39 Å². The number of benzene rings is 1. The van der Waals surface area contributed by atoms with E-state index >= 15 is 0 Å². The zero-order valence-electron chi connectivity index (χ0n) is 17.7. The molecule has 2 aliphatic heterocycles. The molecular formula is C23H24ClFN4O3. The maximum absolute atomic E-state index is 14.9. The summed E-state index contributed by atoms with van der Waals surface area (Å²) in [4.78, 5) is 15.9. The van der Waals surface area contributed by atoms with E-state index in [1.54, 1.807) is 10.6 Å². The van der Waals surface area contributed by atoms with E-state index in [1.807, 2.05) is 13.0 Å². The largest absolute Gasteiger partial charge is 0.440 e. The zero-order valence-corrected chi connectivity index (χ0v) is 18.5. The summed E-state index contributed by atoms with van der Waals surface area (Å²) in [5.41, 5.74) is 6.50. The second-order valence-corrected chi connectivity index (χ2v) is 8.30. The molecular weight excluding hydrogens is 435 g/mol. The quantitative estimate of drug-likeness (QED) is 0.740. The van der Waals surface area contributed by atoms with Crippen LogP contribution in [-0.4, -0.2) is 42.3 Å². The fourth-order valence-corrected chi connectivity index (χ4v) is 4.59. The average Bonchev–Trinajstić information content (AvgIpc) is 2.76. The van der Waals surface area contributed by atoms with Gasteiger partial charge < -0.3 is 19.8 Å². The predicted octanol–water partition coefficient (Wildman–Crippen LogP) is 2.89. The van der Waals surface area contributed by atoms with Gasteiger partial charge in [-0.05, 0) is 25.5 Å². The molecule has 168 valence electrons. The Balaban J connectivity index is 1.75. The molecule has 2 aliphatic rings. The van der Waals surface area contributed by atoms with Crippen molar-refractivity contribution in [3.05, 3.63) is 73.7 Å². The molecule has 0 saturated carbocycles. The fourth-order valence-electron chi connectivity index (χ4n) is 4.32. The third-order valence-corrected chi connectivity index (χ3v) is 6.27. The molecule has 1 saturated heterocycles. The van der Waals surface area contributed by atoms with Crippen molar-refractivity contribution in [1.29, 1.82) is 5.26 Å². The highest BCUT2D eigenvalue weighted by Gasteiger charge is 2.37. The van der Waals surface area contributed by atoms with E-state index in [0.717, 1.165) is 26.1 Å². The molecule has 9 heteroatoms. The molecule has 1 aromatic carbocycles. The molecule has 0 amide bonds. The van der Waals surface area contributed by atoms with Crippen LogP contribution in [0.5, 0.6) is 5.75 Å². The lowest BCUT2D eigenvalue weighted by molar-refractivity contribution is 0.0369. The summed E-state index contributed by atoms with van der Waals surface area (Å²) in [5.74, 6) is -1.60. The van der Waals surface area contributed by atoms with Crippen LogP contribution < -0.4 is 16.0 Å². The van der Waals surface area contributed by atoms with Crippen LogP contribution >= 0.6 is 11.6 Å². The molecule has 0 radical (unpaired) electrons. The molecule has 0 spiro atoms. The molecule has 7 nitrogen and oxygen atoms in total. The third kappa shape index (κ3) is 4.11. The van der Waals surface area contributed by atoms with Crippen LogP contribution in [0.4, 0.5) is 4.39 Å². The molecule has 1 atom stereocenters. The summed E-state index contributed by atoms with van der Waals surface area (Å²) in [6, 6.07) is 7.93. The summed E-state index contributed by atoms with van der Waals surface area (Å²) in [6.45, 7) is 6.29. The zero-order chi connectivity index (χ0) is 22.8. The average molecular weight is 459 g/mol. The van der Waals surface area contributed by atoms with Crippen LogP contribution in [0.2, 0.25) is 5.02 Å². The summed E-state index contributed by atoms with van der Waals surface area (Å²) in [6.07, 6.45) is 0.759. The number of aryl methyl sites for hydroxylation is 1. The fraction of sp³-hybridized carbons (Fsp3) is 0.391. The van der Waals surface area contributed by atoms with E-state index in [1.165, 1.54) is 18.2 Å². The van der Waals surface area contributed by atoms with Gasteiger partial charge in [0, 0.05) is 48.5 Å². The maximum Gasteiger partial charge on any atom is 0.258 e. The molecule has 32 heavy (non-hydrogen) atoms. The Hall–Kier alpha value is -2.86. The van der Waals surface area contributed by atoms with Crippen LogP contribution in [0.15, 0.2) is 40.5 Å². The van der Waals surface area contributed by atoms with Crippen LogP contribution in [0.1, 0.15) is 29.2 Å². The van der Waals surface area contributed by atoms with Crippen molar-refractivity contribution in [2.75, 3.05) is 32.8 Å². The van der Waals surface area contributed by atoms with Crippen molar-refractivity contribution in [1.82, 2.24) is 9.47 Å². The number of aromatic nitrogens is 1. The highest BCUT2D eigenvalue weighted by molar-refractivity contribution is 6.31. The van der Waals surface area contributed by atoms with Gasteiger partial charge in [-0.2, -0.15) is 5.26 Å². The lowest BCUT2D eigenvalue weighted by Crippen LogP contribution is -2.38. The summed E-state index contributed by atoms with van der Waals surface area (Å²) >= 11 is 6.31. The Morgan fingerprint density at radius 2 is 2.03 bits per heavy atom. The number of rotatable bonds is 5. The number of halogens is 2. The second kappa shape index (κ2) is 9.33. The molecule has 0 unspecified atom stereocenters. The van der Waals surface area contributed by atoms with Crippen molar-refractivity contribution >= 4 is 11.6 Å². The van der Waals surface area contributed by atoms with E-state index < -0.39 is 11.7 Å². The Bertz CT molecular complexity index is 1140. The van der Waals surface area contributed by atoms with Crippen LogP contribution in [0.3, 0.4) is 0 Å². The first kappa shape index (κ1) is 22.3. The van der Waals surface area contributed by atoms with Crippen molar-refractivity contribution in [2.45, 2.75) is 25.8 Å². The number of nitrogens with two attached hydrogens (primary N) is 1. The van der Waals surface area contributed by atoms with Gasteiger partial charge in [0.25, 0.3) is 5.56 Å². The molecule has 2 aromatic rings. The summed E-state index contributed by atoms with van der Waals surface area (Å²) < 4.78 is 27.5. The number of nitriles is 1. The molecule has 1 fully saturated rings. The number of hydrogen-bond donors (Lipinski definition) is 1. The molecule has 0 bridgehead atoms. The van der Waals surface area contributed by atoms with E-state index in [9.17, 15) is 14.4 Å². The van der Waals surface area contributed by atoms with Crippen molar-refractivity contribution in [3.63, 3.8) is 0 Å². The van der Waals surface area contributed by atoms with Crippen LogP contribution in [0.25, 0.3) is 0 Å². The number of pyridine rings is 1. The Morgan fingerprint density at radius 3 is 2.72 bits per heavy atom. The van der Waals surface area contributed by atoms with E-state index in [2.05, 4.69) is 4.90 Å². The molecule has 4 rings (SSSR count). The monoisotopic (exact) mass is 458 g/mol. The number of morpholine rings is 1. The predicted molar refractivity (Wildman–Crippen MR) is 118 cm³/mol. The smallest absolute Gasteiger partial charge is 0.258 e. The van der Waals surface area contributed by atoms with Gasteiger partial charge in [0.1, 0.15) is 23.2 Å². The highest BCUT2D eigenvalue weighted by atomic mass is 35.5. The number of allylic oxidation sites excluding steroid dienone is 1. The minimum absolute atomic E-state index is 0.0367. The van der Waals surface area contributed by atoms with Gasteiger partial charge >= 0.3 is 0 Å². The third-order valence-electron chi connectivity index (χ3n) is 5.94. The molecule has 0 aliphatic carbocycles. The lowest BCUT2D eigenvalue weighted by atomic mass is 9.83. The van der Waals surface area contributed by atoms with Crippen molar-refractivity contribution in [3.8, 4) is 11.8 Å². The number of fused-ring (bicyclic) bond motifs is 1. The van der Waals surface area contributed by atoms with E-state index in [4.69, 9.17) is 26.8 Å². The first-order valence-electron chi connectivity index (χ1n) is 10.5. The molecule has 3 heterocycles. The molecule has 2 N–H and O–H groups in total. The minimum Gasteiger partial charge on any atom is -0.440 e. The van der Waals surface area contributed by atoms with Gasteiger partial charge in [0.15, 0.2) is 0 Å². The highest BCUT2D eigenvalue weighted by Crippen LogP contribution is 2.43. The first-order chi connectivity index (χ1) is 15.4. The summed E-state index contributed by atoms with van der Waals surface area (Å²) in [7, 11) is 0. The van der Waals surface area contributed by atoms with Gasteiger partial charge in [0.05, 0.1) is 24.7 Å². The lowest BCUT2D eigenvalue weighted by Gasteiger charge is -2.29. The van der Waals surface area contributed by atoms with Gasteiger partial charge in [0.2, 0.25) is 5.88 Å². The topological polar surface area (TPSA) is 93.5 Å². The minimum atomic E-state index is -1.05. The Kier molecular flexibility index (Phi) is 6.51. The van der Waals surface area contributed by atoms with Gasteiger partial charge in [-0.3, -0.25) is 9.69 Å². The van der Waals surface area contributed by atoms with Crippen molar-refractivity contribution < 1.29 is 13.9 Å². The normalized spacial score (nSPS) is 18.8. The number of ether oxygens (including phenoxy) is 2. The van der Waals surface area contributed by atoms with Crippen LogP contribution in [0, 0.1) is 24.1 Å². The first-order valence-corrected chi connectivity index (χ1v) is 10.9. The van der Waals surface area contributed by atoms with E-state index in [-0.39, 0.29) is 38.9 Å². The maximum atomic E-state index is 14.9. The van der Waals surface area contributed by atoms with Crippen molar-refractivity contribution in [2.24, 2.45) is 5.73 Å². The van der Waals surface area contributed by atoms with Gasteiger partial charge in [-0.1, -0.05) is 17.7 Å².